The van der Waals surface area contributed by atoms with Crippen LogP contribution >= 0.6 is 11.6 Å². The third-order valence-corrected chi connectivity index (χ3v) is 7.82. The second kappa shape index (κ2) is 7.75. The number of halogens is 4. The summed E-state index contributed by atoms with van der Waals surface area (Å²) in [4.78, 5) is 14.8. The highest BCUT2D eigenvalue weighted by atomic mass is 35.5. The van der Waals surface area contributed by atoms with Crippen LogP contribution in [0.2, 0.25) is 5.02 Å². The van der Waals surface area contributed by atoms with E-state index in [0.29, 0.717) is 48.6 Å². The van der Waals surface area contributed by atoms with Gasteiger partial charge >= 0.3 is 6.36 Å². The second-order valence-electron chi connectivity index (χ2n) is 10.1. The van der Waals surface area contributed by atoms with Crippen LogP contribution in [0.15, 0.2) is 30.6 Å². The molecule has 5 aliphatic rings. The van der Waals surface area contributed by atoms with Crippen LogP contribution < -0.4 is 15.0 Å². The highest BCUT2D eigenvalue weighted by Gasteiger charge is 2.70. The van der Waals surface area contributed by atoms with Gasteiger partial charge in [-0.25, -0.2) is 0 Å². The number of nitrogens with one attached hydrogen (secondary N) is 1. The SMILES string of the molecule is O=C(NC12CC(n3cc(N4CC[C@H](OC(F)(F)F)C4)cn3)(C1)C2)[C@H]1C[C@@H](O)c2cc(Cl)ccc2O1. The monoisotopic (exact) mass is 512 g/mol. The Kier molecular flexibility index (Phi) is 5.08. The van der Waals surface area contributed by atoms with Crippen LogP contribution in [-0.2, 0) is 15.1 Å². The summed E-state index contributed by atoms with van der Waals surface area (Å²) in [7, 11) is 0. The van der Waals surface area contributed by atoms with Crippen molar-refractivity contribution < 1.29 is 32.5 Å². The fourth-order valence-corrected chi connectivity index (χ4v) is 6.19. The molecule has 2 N–H and O–H groups in total. The van der Waals surface area contributed by atoms with Gasteiger partial charge in [-0.2, -0.15) is 5.10 Å². The zero-order valence-electron chi connectivity index (χ0n) is 18.6. The molecule has 8 nitrogen and oxygen atoms in total. The molecule has 0 radical (unpaired) electrons. The van der Waals surface area contributed by atoms with E-state index in [1.807, 2.05) is 15.8 Å². The zero-order chi connectivity index (χ0) is 24.6. The van der Waals surface area contributed by atoms with Crippen LogP contribution in [-0.4, -0.2) is 58.0 Å². The maximum atomic E-state index is 12.9. The molecule has 2 aliphatic heterocycles. The molecule has 3 atom stereocenters. The summed E-state index contributed by atoms with van der Waals surface area (Å²) in [5.74, 6) is 0.197. The van der Waals surface area contributed by atoms with Gasteiger partial charge in [0.15, 0.2) is 6.10 Å². The maximum absolute atomic E-state index is 12.9. The predicted octanol–water partition coefficient (Wildman–Crippen LogP) is 3.28. The number of hydrogen-bond acceptors (Lipinski definition) is 6. The van der Waals surface area contributed by atoms with Crippen molar-refractivity contribution in [2.45, 2.75) is 67.9 Å². The molecule has 4 fully saturated rings. The van der Waals surface area contributed by atoms with E-state index in [1.54, 1.807) is 24.4 Å². The minimum Gasteiger partial charge on any atom is -0.480 e. The lowest BCUT2D eigenvalue weighted by molar-refractivity contribution is -0.339. The lowest BCUT2D eigenvalue weighted by atomic mass is 9.44. The molecule has 3 heterocycles. The molecule has 12 heteroatoms. The van der Waals surface area contributed by atoms with Gasteiger partial charge in [0.05, 0.1) is 29.6 Å². The Morgan fingerprint density at radius 1 is 1.31 bits per heavy atom. The summed E-state index contributed by atoms with van der Waals surface area (Å²) < 4.78 is 49.3. The summed E-state index contributed by atoms with van der Waals surface area (Å²) in [6.07, 6.45) is -0.992. The number of aliphatic hydroxyl groups excluding tert-OH is 1. The van der Waals surface area contributed by atoms with E-state index in [9.17, 15) is 23.1 Å². The molecule has 1 aromatic heterocycles. The number of ether oxygens (including phenoxy) is 2. The van der Waals surface area contributed by atoms with Gasteiger partial charge in [0.1, 0.15) is 5.75 Å². The van der Waals surface area contributed by atoms with E-state index >= 15 is 0 Å². The molecular weight excluding hydrogens is 489 g/mol. The summed E-state index contributed by atoms with van der Waals surface area (Å²) in [6.45, 7) is 0.642. The Morgan fingerprint density at radius 2 is 2.09 bits per heavy atom. The van der Waals surface area contributed by atoms with E-state index in [1.165, 1.54) is 0 Å². The first-order valence-corrected chi connectivity index (χ1v) is 11.9. The van der Waals surface area contributed by atoms with Crippen molar-refractivity contribution in [1.82, 2.24) is 15.1 Å². The minimum atomic E-state index is -4.63. The molecule has 3 saturated carbocycles. The molecule has 2 aromatic rings. The number of amides is 1. The first-order valence-electron chi connectivity index (χ1n) is 11.5. The lowest BCUT2D eigenvalue weighted by Crippen LogP contribution is -2.79. The Hall–Kier alpha value is -2.50. The normalized spacial score (nSPS) is 33.4. The van der Waals surface area contributed by atoms with Crippen molar-refractivity contribution in [3.8, 4) is 5.75 Å². The Labute approximate surface area is 203 Å². The number of alkyl halides is 3. The number of nitrogens with zero attached hydrogens (tertiary/aromatic N) is 3. The molecule has 1 aromatic carbocycles. The Bertz CT molecular complexity index is 1150. The number of benzene rings is 1. The number of rotatable bonds is 5. The van der Waals surface area contributed by atoms with Crippen molar-refractivity contribution in [3.05, 3.63) is 41.2 Å². The van der Waals surface area contributed by atoms with Crippen LogP contribution in [0.4, 0.5) is 18.9 Å². The van der Waals surface area contributed by atoms with Gasteiger partial charge in [-0.05, 0) is 43.9 Å². The highest BCUT2D eigenvalue weighted by Crippen LogP contribution is 2.65. The predicted molar refractivity (Wildman–Crippen MR) is 118 cm³/mol. The Morgan fingerprint density at radius 3 is 2.83 bits per heavy atom. The lowest BCUT2D eigenvalue weighted by Gasteiger charge is -2.70. The Balaban J connectivity index is 1.04. The van der Waals surface area contributed by atoms with Crippen molar-refractivity contribution in [2.75, 3.05) is 18.0 Å². The molecule has 7 rings (SSSR count). The van der Waals surface area contributed by atoms with Crippen molar-refractivity contribution in [2.24, 2.45) is 0 Å². The van der Waals surface area contributed by atoms with Gasteiger partial charge in [-0.1, -0.05) is 11.6 Å². The van der Waals surface area contributed by atoms with Crippen LogP contribution in [0.5, 0.6) is 5.75 Å². The first-order chi connectivity index (χ1) is 16.5. The zero-order valence-corrected chi connectivity index (χ0v) is 19.3. The van der Waals surface area contributed by atoms with Crippen molar-refractivity contribution in [3.63, 3.8) is 0 Å². The summed E-state index contributed by atoms with van der Waals surface area (Å²) >= 11 is 5.99. The fraction of sp³-hybridized carbons (Fsp3) is 0.565. The van der Waals surface area contributed by atoms with E-state index in [0.717, 1.165) is 5.69 Å². The van der Waals surface area contributed by atoms with Gasteiger partial charge in [-0.3, -0.25) is 14.2 Å². The van der Waals surface area contributed by atoms with Crippen LogP contribution in [0.3, 0.4) is 0 Å². The number of carbonyl (C=O) groups is 1. The van der Waals surface area contributed by atoms with E-state index in [-0.39, 0.29) is 30.0 Å². The van der Waals surface area contributed by atoms with Gasteiger partial charge in [0, 0.05) is 41.8 Å². The van der Waals surface area contributed by atoms with Crippen LogP contribution in [0.25, 0.3) is 0 Å². The fourth-order valence-electron chi connectivity index (χ4n) is 6.01. The quantitative estimate of drug-likeness (QED) is 0.639. The van der Waals surface area contributed by atoms with Gasteiger partial charge in [-0.15, -0.1) is 13.2 Å². The molecule has 188 valence electrons. The molecular formula is C23H24ClF3N4O4. The number of aliphatic hydroxyl groups is 1. The summed E-state index contributed by atoms with van der Waals surface area (Å²) in [6, 6.07) is 4.95. The average Bonchev–Trinajstić information content (AvgIpc) is 3.38. The van der Waals surface area contributed by atoms with Crippen molar-refractivity contribution >= 4 is 23.2 Å². The minimum absolute atomic E-state index is 0.151. The van der Waals surface area contributed by atoms with E-state index < -0.39 is 24.7 Å². The third-order valence-electron chi connectivity index (χ3n) is 7.59. The first kappa shape index (κ1) is 22.9. The molecule has 35 heavy (non-hydrogen) atoms. The summed E-state index contributed by atoms with van der Waals surface area (Å²) in [5.41, 5.74) is 0.833. The maximum Gasteiger partial charge on any atom is 0.522 e. The number of fused-ring (bicyclic) bond motifs is 1. The van der Waals surface area contributed by atoms with Crippen LogP contribution in [0.1, 0.15) is 43.8 Å². The highest BCUT2D eigenvalue weighted by molar-refractivity contribution is 6.30. The third kappa shape index (κ3) is 4.03. The molecule has 1 saturated heterocycles. The topological polar surface area (TPSA) is 88.9 Å². The van der Waals surface area contributed by atoms with Gasteiger partial charge in [0.25, 0.3) is 5.91 Å². The number of hydrogen-bond donors (Lipinski definition) is 2. The van der Waals surface area contributed by atoms with Crippen molar-refractivity contribution in [1.29, 1.82) is 0 Å². The molecule has 3 aliphatic carbocycles. The molecule has 1 amide bonds. The summed E-state index contributed by atoms with van der Waals surface area (Å²) in [5, 5.41) is 18.5. The standard InChI is InChI=1S/C23H24ClF3N4O4/c24-13-1-2-18-16(5-13)17(32)6-19(34-18)20(33)29-21-10-22(11-21,12-21)31-8-14(7-28-31)30-4-3-15(9-30)35-23(25,26)27/h1-2,5,7-8,15,17,19,32H,3-4,6,9-12H2,(H,29,33)/t15-,17+,19+,21?,22?/m0/s1. The van der Waals surface area contributed by atoms with E-state index in [4.69, 9.17) is 16.3 Å². The number of anilines is 1. The molecule has 0 spiro atoms. The number of carbonyl (C=O) groups excluding carboxylic acids is 1. The average molecular weight is 513 g/mol. The van der Waals surface area contributed by atoms with E-state index in [2.05, 4.69) is 15.2 Å². The van der Waals surface area contributed by atoms with Crippen LogP contribution in [0, 0.1) is 0 Å². The number of aromatic nitrogens is 2. The van der Waals surface area contributed by atoms with Gasteiger partial charge < -0.3 is 20.1 Å². The molecule has 0 unspecified atom stereocenters. The molecule has 2 bridgehead atoms. The smallest absolute Gasteiger partial charge is 0.480 e. The largest absolute Gasteiger partial charge is 0.522 e. The second-order valence-corrected chi connectivity index (χ2v) is 10.6. The van der Waals surface area contributed by atoms with Gasteiger partial charge in [0.2, 0.25) is 0 Å².